The SMILES string of the molecule is CCOc1cccc(/C=C2\SC(=O)N(Cc3ccc(Br)cc3)C2=O)c1OCC(=O)O. The second kappa shape index (κ2) is 9.82. The molecule has 1 N–H and O–H groups in total. The molecule has 0 bridgehead atoms. The van der Waals surface area contributed by atoms with Crippen molar-refractivity contribution in [3.8, 4) is 11.5 Å². The number of carbonyl (C=O) groups excluding carboxylic acids is 2. The minimum Gasteiger partial charge on any atom is -0.490 e. The van der Waals surface area contributed by atoms with Crippen molar-refractivity contribution in [2.24, 2.45) is 0 Å². The molecule has 1 heterocycles. The van der Waals surface area contributed by atoms with E-state index in [1.807, 2.05) is 24.3 Å². The van der Waals surface area contributed by atoms with Gasteiger partial charge >= 0.3 is 5.97 Å². The zero-order valence-electron chi connectivity index (χ0n) is 16.0. The average Bonchev–Trinajstić information content (AvgIpc) is 2.96. The van der Waals surface area contributed by atoms with Gasteiger partial charge in [0.1, 0.15) is 0 Å². The third kappa shape index (κ3) is 5.22. The number of carboxylic acids is 1. The molecule has 0 radical (unpaired) electrons. The van der Waals surface area contributed by atoms with Crippen LogP contribution in [0.4, 0.5) is 4.79 Å². The van der Waals surface area contributed by atoms with Crippen molar-refractivity contribution in [2.75, 3.05) is 13.2 Å². The van der Waals surface area contributed by atoms with Gasteiger partial charge in [-0.15, -0.1) is 0 Å². The van der Waals surface area contributed by atoms with E-state index >= 15 is 0 Å². The van der Waals surface area contributed by atoms with Gasteiger partial charge in [0.25, 0.3) is 11.1 Å². The summed E-state index contributed by atoms with van der Waals surface area (Å²) in [6.07, 6.45) is 1.52. The fraction of sp³-hybridized carbons (Fsp3) is 0.190. The van der Waals surface area contributed by atoms with Crippen LogP contribution in [0.25, 0.3) is 6.08 Å². The van der Waals surface area contributed by atoms with Crippen LogP contribution < -0.4 is 9.47 Å². The summed E-state index contributed by atoms with van der Waals surface area (Å²) in [6, 6.07) is 12.4. The Bertz CT molecular complexity index is 1010. The van der Waals surface area contributed by atoms with Gasteiger partial charge < -0.3 is 14.6 Å². The summed E-state index contributed by atoms with van der Waals surface area (Å²) in [7, 11) is 0. The van der Waals surface area contributed by atoms with E-state index in [0.29, 0.717) is 17.9 Å². The van der Waals surface area contributed by atoms with Gasteiger partial charge in [0.15, 0.2) is 18.1 Å². The molecular weight excluding hydrogens is 474 g/mol. The number of carbonyl (C=O) groups is 3. The van der Waals surface area contributed by atoms with E-state index in [0.717, 1.165) is 21.8 Å². The van der Waals surface area contributed by atoms with Gasteiger partial charge in [0.2, 0.25) is 0 Å². The Balaban J connectivity index is 1.88. The fourth-order valence-corrected chi connectivity index (χ4v) is 3.85. The fourth-order valence-electron chi connectivity index (χ4n) is 2.75. The van der Waals surface area contributed by atoms with E-state index < -0.39 is 18.5 Å². The number of halogens is 1. The molecule has 1 saturated heterocycles. The van der Waals surface area contributed by atoms with Gasteiger partial charge in [-0.1, -0.05) is 40.2 Å². The van der Waals surface area contributed by atoms with Crippen molar-refractivity contribution in [2.45, 2.75) is 13.5 Å². The third-order valence-electron chi connectivity index (χ3n) is 4.06. The molecule has 0 saturated carbocycles. The molecule has 156 valence electrons. The standard InChI is InChI=1S/C21H18BrNO6S/c1-2-28-16-5-3-4-14(19(16)29-12-18(24)25)10-17-20(26)23(21(27)30-17)11-13-6-8-15(22)9-7-13/h3-10H,2,11-12H2,1H3,(H,24,25)/b17-10-. The number of nitrogens with zero attached hydrogens (tertiary/aromatic N) is 1. The Morgan fingerprint density at radius 1 is 1.17 bits per heavy atom. The summed E-state index contributed by atoms with van der Waals surface area (Å²) in [5.74, 6) is -0.982. The highest BCUT2D eigenvalue weighted by Crippen LogP contribution is 2.38. The molecule has 2 aromatic carbocycles. The lowest BCUT2D eigenvalue weighted by Crippen LogP contribution is -2.27. The molecule has 2 aromatic rings. The summed E-state index contributed by atoms with van der Waals surface area (Å²) >= 11 is 4.18. The molecule has 0 aliphatic carbocycles. The summed E-state index contributed by atoms with van der Waals surface area (Å²) < 4.78 is 11.8. The third-order valence-corrected chi connectivity index (χ3v) is 5.50. The molecule has 3 rings (SSSR count). The van der Waals surface area contributed by atoms with E-state index in [9.17, 15) is 14.4 Å². The topological polar surface area (TPSA) is 93.1 Å². The highest BCUT2D eigenvalue weighted by atomic mass is 79.9. The van der Waals surface area contributed by atoms with E-state index in [2.05, 4.69) is 15.9 Å². The Morgan fingerprint density at radius 2 is 1.90 bits per heavy atom. The molecule has 0 spiro atoms. The molecular formula is C21H18BrNO6S. The molecule has 0 atom stereocenters. The monoisotopic (exact) mass is 491 g/mol. The predicted molar refractivity (Wildman–Crippen MR) is 116 cm³/mol. The number of hydrogen-bond donors (Lipinski definition) is 1. The van der Waals surface area contributed by atoms with Crippen LogP contribution in [0.15, 0.2) is 51.8 Å². The lowest BCUT2D eigenvalue weighted by atomic mass is 10.1. The zero-order chi connectivity index (χ0) is 21.7. The number of imide groups is 1. The second-order valence-corrected chi connectivity index (χ2v) is 8.09. The summed E-state index contributed by atoms with van der Waals surface area (Å²) in [5.41, 5.74) is 1.28. The molecule has 1 aliphatic heterocycles. The first-order valence-corrected chi connectivity index (χ1v) is 10.6. The average molecular weight is 492 g/mol. The van der Waals surface area contributed by atoms with Crippen LogP contribution in [-0.2, 0) is 16.1 Å². The lowest BCUT2D eigenvalue weighted by molar-refractivity contribution is -0.139. The Morgan fingerprint density at radius 3 is 2.57 bits per heavy atom. The van der Waals surface area contributed by atoms with Crippen molar-refractivity contribution >= 4 is 50.9 Å². The van der Waals surface area contributed by atoms with Crippen LogP contribution >= 0.6 is 27.7 Å². The molecule has 1 fully saturated rings. The molecule has 1 aliphatic rings. The highest BCUT2D eigenvalue weighted by molar-refractivity contribution is 9.10. The minimum absolute atomic E-state index is 0.163. The minimum atomic E-state index is -1.14. The van der Waals surface area contributed by atoms with Gasteiger partial charge in [-0.05, 0) is 48.5 Å². The molecule has 0 unspecified atom stereocenters. The predicted octanol–water partition coefficient (Wildman–Crippen LogP) is 4.55. The first-order valence-electron chi connectivity index (χ1n) is 8.99. The number of amides is 2. The summed E-state index contributed by atoms with van der Waals surface area (Å²) in [5, 5.41) is 8.57. The molecule has 0 aromatic heterocycles. The maximum Gasteiger partial charge on any atom is 0.341 e. The summed E-state index contributed by atoms with van der Waals surface area (Å²) in [6.45, 7) is 1.75. The first-order chi connectivity index (χ1) is 14.4. The smallest absolute Gasteiger partial charge is 0.341 e. The van der Waals surface area contributed by atoms with E-state index in [1.54, 1.807) is 25.1 Å². The van der Waals surface area contributed by atoms with Crippen molar-refractivity contribution in [3.05, 3.63) is 63.0 Å². The number of benzene rings is 2. The van der Waals surface area contributed by atoms with Gasteiger partial charge in [-0.3, -0.25) is 14.5 Å². The second-order valence-electron chi connectivity index (χ2n) is 6.18. The molecule has 7 nitrogen and oxygen atoms in total. The first kappa shape index (κ1) is 21.9. The number of rotatable bonds is 8. The lowest BCUT2D eigenvalue weighted by Gasteiger charge is -2.14. The molecule has 9 heteroatoms. The van der Waals surface area contributed by atoms with Gasteiger partial charge in [-0.25, -0.2) is 4.79 Å². The largest absolute Gasteiger partial charge is 0.490 e. The van der Waals surface area contributed by atoms with Crippen LogP contribution in [0.5, 0.6) is 11.5 Å². The molecule has 2 amide bonds. The van der Waals surface area contributed by atoms with Crippen molar-refractivity contribution < 1.29 is 29.0 Å². The number of carboxylic acid groups (broad SMARTS) is 1. The van der Waals surface area contributed by atoms with E-state index in [4.69, 9.17) is 14.6 Å². The maximum atomic E-state index is 12.8. The Kier molecular flexibility index (Phi) is 7.17. The van der Waals surface area contributed by atoms with Crippen LogP contribution in [0.2, 0.25) is 0 Å². The highest BCUT2D eigenvalue weighted by Gasteiger charge is 2.35. The van der Waals surface area contributed by atoms with Crippen molar-refractivity contribution in [1.29, 1.82) is 0 Å². The van der Waals surface area contributed by atoms with Gasteiger partial charge in [0, 0.05) is 10.0 Å². The molecule has 30 heavy (non-hydrogen) atoms. The number of aliphatic carboxylic acids is 1. The van der Waals surface area contributed by atoms with Crippen LogP contribution in [-0.4, -0.2) is 40.3 Å². The van der Waals surface area contributed by atoms with E-state index in [-0.39, 0.29) is 22.4 Å². The Labute approximate surface area is 185 Å². The van der Waals surface area contributed by atoms with Crippen molar-refractivity contribution in [1.82, 2.24) is 4.90 Å². The van der Waals surface area contributed by atoms with E-state index in [1.165, 1.54) is 11.0 Å². The normalized spacial score (nSPS) is 15.0. The van der Waals surface area contributed by atoms with Gasteiger partial charge in [0.05, 0.1) is 18.1 Å². The number of thioether (sulfide) groups is 1. The van der Waals surface area contributed by atoms with Gasteiger partial charge in [-0.2, -0.15) is 0 Å². The number of hydrogen-bond acceptors (Lipinski definition) is 6. The Hall–Kier alpha value is -2.78. The maximum absolute atomic E-state index is 12.8. The van der Waals surface area contributed by atoms with Crippen LogP contribution in [0.1, 0.15) is 18.1 Å². The van der Waals surface area contributed by atoms with Crippen LogP contribution in [0, 0.1) is 0 Å². The van der Waals surface area contributed by atoms with Crippen LogP contribution in [0.3, 0.4) is 0 Å². The number of ether oxygens (including phenoxy) is 2. The number of para-hydroxylation sites is 1. The quantitative estimate of drug-likeness (QED) is 0.541. The summed E-state index contributed by atoms with van der Waals surface area (Å²) in [4.78, 5) is 37.6. The van der Waals surface area contributed by atoms with Crippen molar-refractivity contribution in [3.63, 3.8) is 0 Å². The zero-order valence-corrected chi connectivity index (χ0v) is 18.4.